The van der Waals surface area contributed by atoms with Crippen LogP contribution in [0, 0.1) is 23.7 Å². The Balaban J connectivity index is 1.11. The van der Waals surface area contributed by atoms with Gasteiger partial charge in [-0.05, 0) is 159 Å². The summed E-state index contributed by atoms with van der Waals surface area (Å²) in [5, 5.41) is 2.57. The number of benzene rings is 7. The van der Waals surface area contributed by atoms with Gasteiger partial charge in [-0.15, -0.1) is 0 Å². The average molecular weight is 766 g/mol. The van der Waals surface area contributed by atoms with Crippen molar-refractivity contribution in [1.82, 2.24) is 0 Å². The molecule has 4 saturated carbocycles. The van der Waals surface area contributed by atoms with Crippen molar-refractivity contribution in [3.05, 3.63) is 174 Å². The molecule has 0 N–H and O–H groups in total. The molecule has 0 amide bonds. The monoisotopic (exact) mass is 765 g/mol. The van der Waals surface area contributed by atoms with Gasteiger partial charge in [-0.25, -0.2) is 0 Å². The van der Waals surface area contributed by atoms with Crippen LogP contribution in [0.25, 0.3) is 44.2 Å². The molecule has 0 saturated heterocycles. The first-order chi connectivity index (χ1) is 28.7. The van der Waals surface area contributed by atoms with Crippen LogP contribution in [0.5, 0.6) is 0 Å². The number of para-hydroxylation sites is 1. The predicted molar refractivity (Wildman–Crippen MR) is 248 cm³/mol. The molecule has 4 bridgehead atoms. The molecule has 1 heteroatoms. The fourth-order valence-electron chi connectivity index (χ4n) is 13.9. The van der Waals surface area contributed by atoms with Crippen LogP contribution in [0.4, 0.5) is 17.1 Å². The van der Waals surface area contributed by atoms with Gasteiger partial charge in [-0.2, -0.15) is 0 Å². The van der Waals surface area contributed by atoms with Gasteiger partial charge in [0.1, 0.15) is 0 Å². The molecule has 292 valence electrons. The summed E-state index contributed by atoms with van der Waals surface area (Å²) in [6, 6.07) is 58.5. The zero-order valence-corrected chi connectivity index (χ0v) is 35.1. The van der Waals surface area contributed by atoms with Crippen LogP contribution in [0.1, 0.15) is 94.9 Å². The number of hydrogen-bond donors (Lipinski definition) is 0. The van der Waals surface area contributed by atoms with E-state index in [1.165, 1.54) is 117 Å². The smallest absolute Gasteiger partial charge is 0.0543 e. The van der Waals surface area contributed by atoms with Crippen molar-refractivity contribution in [1.29, 1.82) is 0 Å². The Bertz CT molecular complexity index is 2770. The van der Waals surface area contributed by atoms with E-state index in [0.29, 0.717) is 0 Å². The van der Waals surface area contributed by atoms with E-state index in [0.717, 1.165) is 23.7 Å². The quantitative estimate of drug-likeness (QED) is 0.169. The fourth-order valence-corrected chi connectivity index (χ4v) is 13.9. The Morgan fingerprint density at radius 2 is 1.00 bits per heavy atom. The van der Waals surface area contributed by atoms with Gasteiger partial charge >= 0.3 is 0 Å². The standard InChI is InChI=1S/C58H55N/c1-56(2)30-31-57(3,4)55-47(20-12-23-51(55)56)46-17-8-10-24-52(46)59(43-28-26-40(27-29-43)45-19-11-15-39-14-5-6-16-44(39)45)53-25-13-22-50-54(53)48-18-7-9-21-49(48)58(50)41-33-37-32-38(35-41)36-42(58)34-37/h5-29,37-38,41-42H,30-36H2,1-4H3. The minimum atomic E-state index is 0.0677. The molecular formula is C58H55N. The third kappa shape index (κ3) is 5.09. The third-order valence-electron chi connectivity index (χ3n) is 16.3. The highest BCUT2D eigenvalue weighted by molar-refractivity contribution is 6.00. The highest BCUT2D eigenvalue weighted by Gasteiger charge is 2.62. The highest BCUT2D eigenvalue weighted by Crippen LogP contribution is 2.70. The van der Waals surface area contributed by atoms with Gasteiger partial charge in [-0.1, -0.05) is 155 Å². The summed E-state index contributed by atoms with van der Waals surface area (Å²) in [6.45, 7) is 9.85. The highest BCUT2D eigenvalue weighted by atomic mass is 15.1. The number of rotatable bonds is 5. The molecular weight excluding hydrogens is 711 g/mol. The van der Waals surface area contributed by atoms with E-state index < -0.39 is 0 Å². The van der Waals surface area contributed by atoms with Gasteiger partial charge in [0.15, 0.2) is 0 Å². The molecule has 0 aromatic heterocycles. The molecule has 1 nitrogen and oxygen atoms in total. The summed E-state index contributed by atoms with van der Waals surface area (Å²) in [5.74, 6) is 3.27. The second-order valence-electron chi connectivity index (χ2n) is 20.3. The molecule has 4 fully saturated rings. The Hall–Kier alpha value is -5.40. The Morgan fingerprint density at radius 3 is 1.80 bits per heavy atom. The molecule has 0 aliphatic heterocycles. The number of hydrogen-bond acceptors (Lipinski definition) is 1. The van der Waals surface area contributed by atoms with Crippen LogP contribution in [0.15, 0.2) is 152 Å². The first-order valence-electron chi connectivity index (χ1n) is 22.6. The minimum Gasteiger partial charge on any atom is -0.309 e. The van der Waals surface area contributed by atoms with Crippen LogP contribution in [0.2, 0.25) is 0 Å². The van der Waals surface area contributed by atoms with Crippen molar-refractivity contribution in [3.63, 3.8) is 0 Å². The summed E-state index contributed by atoms with van der Waals surface area (Å²) in [7, 11) is 0. The topological polar surface area (TPSA) is 3.24 Å². The zero-order chi connectivity index (χ0) is 39.7. The van der Waals surface area contributed by atoms with E-state index in [1.807, 2.05) is 0 Å². The SMILES string of the molecule is CC1(C)CCC(C)(C)c2c(-c3ccccc3N(c3ccc(-c4cccc5ccccc45)cc3)c3cccc4c3-c3ccccc3C43C4CC5CC(C4)CC3C5)cccc21. The summed E-state index contributed by atoms with van der Waals surface area (Å²) < 4.78 is 0. The fraction of sp³-hybridized carbons (Fsp3) is 0.310. The molecule has 59 heavy (non-hydrogen) atoms. The van der Waals surface area contributed by atoms with Crippen LogP contribution in [-0.2, 0) is 16.2 Å². The summed E-state index contributed by atoms with van der Waals surface area (Å²) in [4.78, 5) is 2.65. The molecule has 13 rings (SSSR count). The zero-order valence-electron chi connectivity index (χ0n) is 35.1. The molecule has 0 heterocycles. The molecule has 6 aliphatic carbocycles. The second-order valence-corrected chi connectivity index (χ2v) is 20.3. The van der Waals surface area contributed by atoms with Crippen molar-refractivity contribution in [2.24, 2.45) is 23.7 Å². The maximum Gasteiger partial charge on any atom is 0.0543 e. The molecule has 0 atom stereocenters. The lowest BCUT2D eigenvalue weighted by Gasteiger charge is -2.61. The maximum absolute atomic E-state index is 2.65. The first-order valence-corrected chi connectivity index (χ1v) is 22.6. The van der Waals surface area contributed by atoms with Crippen LogP contribution in [0.3, 0.4) is 0 Å². The normalized spacial score (nSPS) is 25.2. The van der Waals surface area contributed by atoms with Gasteiger partial charge in [0.25, 0.3) is 0 Å². The van der Waals surface area contributed by atoms with Crippen molar-refractivity contribution >= 4 is 27.8 Å². The lowest BCUT2D eigenvalue weighted by atomic mass is 9.43. The van der Waals surface area contributed by atoms with Crippen molar-refractivity contribution < 1.29 is 0 Å². The molecule has 1 spiro atoms. The van der Waals surface area contributed by atoms with Gasteiger partial charge in [0.2, 0.25) is 0 Å². The second kappa shape index (κ2) is 12.8. The maximum atomic E-state index is 2.65. The lowest BCUT2D eigenvalue weighted by Crippen LogP contribution is -2.55. The Labute approximate surface area is 351 Å². The van der Waals surface area contributed by atoms with Crippen molar-refractivity contribution in [2.75, 3.05) is 4.90 Å². The van der Waals surface area contributed by atoms with Crippen LogP contribution >= 0.6 is 0 Å². The van der Waals surface area contributed by atoms with Crippen molar-refractivity contribution in [2.45, 2.75) is 88.9 Å². The number of fused-ring (bicyclic) bond motifs is 5. The van der Waals surface area contributed by atoms with Crippen LogP contribution in [-0.4, -0.2) is 0 Å². The van der Waals surface area contributed by atoms with Gasteiger partial charge in [0, 0.05) is 22.2 Å². The number of nitrogens with zero attached hydrogens (tertiary/aromatic N) is 1. The molecule has 0 unspecified atom stereocenters. The van der Waals surface area contributed by atoms with E-state index in [1.54, 1.807) is 11.1 Å². The predicted octanol–water partition coefficient (Wildman–Crippen LogP) is 15.7. The Morgan fingerprint density at radius 1 is 0.441 bits per heavy atom. The Kier molecular flexibility index (Phi) is 7.71. The van der Waals surface area contributed by atoms with Crippen molar-refractivity contribution in [3.8, 4) is 33.4 Å². The third-order valence-corrected chi connectivity index (χ3v) is 16.3. The summed E-state index contributed by atoms with van der Waals surface area (Å²) in [5.41, 5.74) is 18.4. The average Bonchev–Trinajstić information content (AvgIpc) is 3.56. The first kappa shape index (κ1) is 35.5. The van der Waals surface area contributed by atoms with E-state index in [9.17, 15) is 0 Å². The lowest BCUT2D eigenvalue weighted by molar-refractivity contribution is -0.0399. The molecule has 0 radical (unpaired) electrons. The summed E-state index contributed by atoms with van der Waals surface area (Å²) in [6.07, 6.45) is 9.40. The molecule has 7 aromatic rings. The van der Waals surface area contributed by atoms with E-state index in [2.05, 4.69) is 184 Å². The van der Waals surface area contributed by atoms with E-state index in [4.69, 9.17) is 0 Å². The number of anilines is 3. The van der Waals surface area contributed by atoms with E-state index in [-0.39, 0.29) is 16.2 Å². The summed E-state index contributed by atoms with van der Waals surface area (Å²) >= 11 is 0. The molecule has 6 aliphatic rings. The largest absolute Gasteiger partial charge is 0.309 e. The van der Waals surface area contributed by atoms with Gasteiger partial charge in [0.05, 0.1) is 11.4 Å². The minimum absolute atomic E-state index is 0.0677. The van der Waals surface area contributed by atoms with Gasteiger partial charge in [-0.3, -0.25) is 0 Å². The van der Waals surface area contributed by atoms with Crippen LogP contribution < -0.4 is 4.90 Å². The van der Waals surface area contributed by atoms with E-state index >= 15 is 0 Å². The van der Waals surface area contributed by atoms with Gasteiger partial charge < -0.3 is 4.90 Å². The molecule has 7 aromatic carbocycles.